The summed E-state index contributed by atoms with van der Waals surface area (Å²) in [7, 11) is 1.50. The number of nitrogens with one attached hydrogen (secondary N) is 1. The molecule has 0 bridgehead atoms. The molecule has 0 radical (unpaired) electrons. The number of carboxylic acid groups (broad SMARTS) is 1. The van der Waals surface area contributed by atoms with Crippen LogP contribution in [0.2, 0.25) is 5.02 Å². The lowest BCUT2D eigenvalue weighted by atomic mass is 10.1. The number of ether oxygens (including phenoxy) is 1. The second-order valence-corrected chi connectivity index (χ2v) is 4.68. The van der Waals surface area contributed by atoms with Gasteiger partial charge in [0.1, 0.15) is 10.8 Å². The van der Waals surface area contributed by atoms with Crippen molar-refractivity contribution < 1.29 is 19.6 Å². The molecule has 114 valence electrons. The molecule has 2 aromatic carbocycles. The smallest absolute Gasteiger partial charge is 0.338 e. The van der Waals surface area contributed by atoms with Crippen LogP contribution in [0.3, 0.4) is 0 Å². The third kappa shape index (κ3) is 3.26. The maximum Gasteiger partial charge on any atom is 0.338 e. The van der Waals surface area contributed by atoms with Gasteiger partial charge in [0.15, 0.2) is 0 Å². The Hall–Kier alpha value is -2.80. The van der Waals surface area contributed by atoms with Crippen LogP contribution >= 0.6 is 11.6 Å². The van der Waals surface area contributed by atoms with E-state index in [1.54, 1.807) is 24.3 Å². The molecule has 0 amide bonds. The van der Waals surface area contributed by atoms with Gasteiger partial charge >= 0.3 is 5.97 Å². The number of halogens is 1. The van der Waals surface area contributed by atoms with Gasteiger partial charge in [0.05, 0.1) is 23.3 Å². The predicted octanol–water partition coefficient (Wildman–Crippen LogP) is 3.70. The number of carbonyl (C=O) groups is 1. The minimum atomic E-state index is -1.30. The molecule has 7 nitrogen and oxygen atoms in total. The number of carboxylic acids is 1. The van der Waals surface area contributed by atoms with E-state index < -0.39 is 16.6 Å². The van der Waals surface area contributed by atoms with Crippen LogP contribution in [-0.2, 0) is 0 Å². The van der Waals surface area contributed by atoms with Gasteiger partial charge in [0.2, 0.25) is 0 Å². The third-order valence-electron chi connectivity index (χ3n) is 2.86. The second-order valence-electron chi connectivity index (χ2n) is 4.27. The van der Waals surface area contributed by atoms with Crippen molar-refractivity contribution in [2.45, 2.75) is 0 Å². The zero-order valence-electron chi connectivity index (χ0n) is 11.4. The first-order valence-corrected chi connectivity index (χ1v) is 6.42. The van der Waals surface area contributed by atoms with Crippen LogP contribution in [-0.4, -0.2) is 23.1 Å². The summed E-state index contributed by atoms with van der Waals surface area (Å²) in [5.41, 5.74) is -0.00250. The Morgan fingerprint density at radius 3 is 2.68 bits per heavy atom. The van der Waals surface area contributed by atoms with Crippen molar-refractivity contribution in [3.05, 3.63) is 57.1 Å². The predicted molar refractivity (Wildman–Crippen MR) is 81.3 cm³/mol. The molecular formula is C14H11ClN2O5. The van der Waals surface area contributed by atoms with Gasteiger partial charge in [-0.15, -0.1) is 0 Å². The maximum absolute atomic E-state index is 11.3. The molecule has 0 saturated heterocycles. The van der Waals surface area contributed by atoms with Crippen molar-refractivity contribution in [3.8, 4) is 5.75 Å². The number of hydrogen-bond acceptors (Lipinski definition) is 5. The highest BCUT2D eigenvalue weighted by Gasteiger charge is 2.20. The van der Waals surface area contributed by atoms with Gasteiger partial charge in [-0.05, 0) is 18.2 Å². The minimum Gasteiger partial charge on any atom is -0.497 e. The van der Waals surface area contributed by atoms with Crippen LogP contribution < -0.4 is 10.1 Å². The molecule has 0 atom stereocenters. The first kappa shape index (κ1) is 15.6. The normalized spacial score (nSPS) is 10.1. The first-order valence-electron chi connectivity index (χ1n) is 6.04. The van der Waals surface area contributed by atoms with E-state index >= 15 is 0 Å². The van der Waals surface area contributed by atoms with Gasteiger partial charge in [0, 0.05) is 17.8 Å². The van der Waals surface area contributed by atoms with Gasteiger partial charge in [0.25, 0.3) is 5.69 Å². The van der Waals surface area contributed by atoms with Crippen LogP contribution in [0.5, 0.6) is 5.75 Å². The van der Waals surface area contributed by atoms with Crippen molar-refractivity contribution in [3.63, 3.8) is 0 Å². The Bertz CT molecular complexity index is 748. The molecule has 0 saturated carbocycles. The van der Waals surface area contributed by atoms with E-state index in [9.17, 15) is 20.0 Å². The van der Waals surface area contributed by atoms with Crippen molar-refractivity contribution in [2.75, 3.05) is 12.4 Å². The monoisotopic (exact) mass is 322 g/mol. The molecule has 0 heterocycles. The Morgan fingerprint density at radius 1 is 1.36 bits per heavy atom. The molecule has 2 N–H and O–H groups in total. The summed E-state index contributed by atoms with van der Waals surface area (Å²) < 4.78 is 5.07. The summed E-state index contributed by atoms with van der Waals surface area (Å²) in [5.74, 6) is -0.722. The fourth-order valence-electron chi connectivity index (χ4n) is 1.84. The molecule has 22 heavy (non-hydrogen) atoms. The van der Waals surface area contributed by atoms with E-state index in [0.717, 1.165) is 6.07 Å². The van der Waals surface area contributed by atoms with Gasteiger partial charge in [-0.1, -0.05) is 17.7 Å². The Balaban J connectivity index is 2.47. The lowest BCUT2D eigenvalue weighted by molar-refractivity contribution is -0.384. The van der Waals surface area contributed by atoms with Gasteiger partial charge < -0.3 is 15.2 Å². The Kier molecular flexibility index (Phi) is 4.47. The number of nitro benzene ring substituents is 1. The molecule has 0 unspecified atom stereocenters. The molecule has 0 aliphatic rings. The molecule has 0 aliphatic heterocycles. The van der Waals surface area contributed by atoms with E-state index in [4.69, 9.17) is 16.3 Å². The third-order valence-corrected chi connectivity index (χ3v) is 3.17. The highest BCUT2D eigenvalue weighted by atomic mass is 35.5. The van der Waals surface area contributed by atoms with E-state index in [-0.39, 0.29) is 16.3 Å². The van der Waals surface area contributed by atoms with E-state index in [1.807, 2.05) is 0 Å². The molecule has 0 aromatic heterocycles. The fourth-order valence-corrected chi connectivity index (χ4v) is 2.07. The lowest BCUT2D eigenvalue weighted by Gasteiger charge is -2.11. The zero-order chi connectivity index (χ0) is 16.3. The quantitative estimate of drug-likeness (QED) is 0.643. The van der Waals surface area contributed by atoms with E-state index in [1.165, 1.54) is 13.2 Å². The number of hydrogen-bond donors (Lipinski definition) is 2. The summed E-state index contributed by atoms with van der Waals surface area (Å²) in [6.45, 7) is 0. The summed E-state index contributed by atoms with van der Waals surface area (Å²) >= 11 is 5.83. The largest absolute Gasteiger partial charge is 0.497 e. The topological polar surface area (TPSA) is 102 Å². The van der Waals surface area contributed by atoms with E-state index in [0.29, 0.717) is 11.4 Å². The van der Waals surface area contributed by atoms with Gasteiger partial charge in [-0.3, -0.25) is 10.1 Å². The summed E-state index contributed by atoms with van der Waals surface area (Å²) in [4.78, 5) is 21.4. The standard InChI is InChI=1S/C14H11ClN2O5/c1-22-9-4-2-3-8(5-9)16-12-7-11(15)13(17(20)21)6-10(12)14(18)19/h2-7,16H,1H3,(H,18,19). The molecule has 8 heteroatoms. The molecular weight excluding hydrogens is 312 g/mol. The highest BCUT2D eigenvalue weighted by Crippen LogP contribution is 2.33. The SMILES string of the molecule is COc1cccc(Nc2cc(Cl)c([N+](=O)[O-])cc2C(=O)O)c1. The number of anilines is 2. The number of aromatic carboxylic acids is 1. The van der Waals surface area contributed by atoms with Crippen molar-refractivity contribution in [1.29, 1.82) is 0 Å². The molecule has 0 aliphatic carbocycles. The van der Waals surface area contributed by atoms with Gasteiger partial charge in [-0.25, -0.2) is 4.79 Å². The first-order chi connectivity index (χ1) is 10.4. The average Bonchev–Trinajstić information content (AvgIpc) is 2.46. The second kappa shape index (κ2) is 6.31. The van der Waals surface area contributed by atoms with Crippen LogP contribution in [0.15, 0.2) is 36.4 Å². The highest BCUT2D eigenvalue weighted by molar-refractivity contribution is 6.33. The maximum atomic E-state index is 11.3. The van der Waals surface area contributed by atoms with Crippen LogP contribution in [0, 0.1) is 10.1 Å². The summed E-state index contributed by atoms with van der Waals surface area (Å²) in [5, 5.41) is 22.8. The molecule has 0 fully saturated rings. The number of rotatable bonds is 5. The van der Waals surface area contributed by atoms with Crippen molar-refractivity contribution >= 4 is 34.6 Å². The molecule has 2 rings (SSSR count). The van der Waals surface area contributed by atoms with Crippen LogP contribution in [0.25, 0.3) is 0 Å². The number of methoxy groups -OCH3 is 1. The Morgan fingerprint density at radius 2 is 2.09 bits per heavy atom. The van der Waals surface area contributed by atoms with Gasteiger partial charge in [-0.2, -0.15) is 0 Å². The van der Waals surface area contributed by atoms with E-state index in [2.05, 4.69) is 5.32 Å². The van der Waals surface area contributed by atoms with Crippen LogP contribution in [0.4, 0.5) is 17.1 Å². The molecule has 0 spiro atoms. The fraction of sp³-hybridized carbons (Fsp3) is 0.0714. The number of benzene rings is 2. The minimum absolute atomic E-state index is 0.149. The zero-order valence-corrected chi connectivity index (χ0v) is 12.1. The lowest BCUT2D eigenvalue weighted by Crippen LogP contribution is -2.04. The summed E-state index contributed by atoms with van der Waals surface area (Å²) in [6, 6.07) is 8.93. The number of nitro groups is 1. The van der Waals surface area contributed by atoms with Crippen molar-refractivity contribution in [1.82, 2.24) is 0 Å². The number of nitrogens with zero attached hydrogens (tertiary/aromatic N) is 1. The van der Waals surface area contributed by atoms with Crippen LogP contribution in [0.1, 0.15) is 10.4 Å². The average molecular weight is 323 g/mol. The molecule has 2 aromatic rings. The van der Waals surface area contributed by atoms with Crippen molar-refractivity contribution in [2.24, 2.45) is 0 Å². The summed E-state index contributed by atoms with van der Waals surface area (Å²) in [6.07, 6.45) is 0. The Labute approximate surface area is 130 Å².